The Morgan fingerprint density at radius 2 is 1.10 bits per heavy atom. The lowest BCUT2D eigenvalue weighted by Gasteiger charge is -2.13. The molecular formula is C22H15ClN2O5. The smallest absolute Gasteiger partial charge is 0.208 e. The van der Waals surface area contributed by atoms with Crippen LogP contribution in [0.1, 0.15) is 0 Å². The predicted octanol–water partition coefficient (Wildman–Crippen LogP) is 4.66. The molecular weight excluding hydrogens is 408 g/mol. The second kappa shape index (κ2) is 7.46. The summed E-state index contributed by atoms with van der Waals surface area (Å²) in [5, 5.41) is 49.5. The molecule has 0 aliphatic carbocycles. The largest absolute Gasteiger partial charge is 0.504 e. The maximum absolute atomic E-state index is 10.1. The first-order valence-electron chi connectivity index (χ1n) is 8.76. The molecule has 7 nitrogen and oxygen atoms in total. The fourth-order valence-corrected chi connectivity index (χ4v) is 3.23. The SMILES string of the molecule is Oc1c(O)c(O)c(-c2ccc(-c3cc(Cl)nc(-c4ccccc4)n3)cc2)c(O)c1O. The summed E-state index contributed by atoms with van der Waals surface area (Å²) >= 11 is 6.17. The summed E-state index contributed by atoms with van der Waals surface area (Å²) in [4.78, 5) is 8.80. The topological polar surface area (TPSA) is 127 Å². The van der Waals surface area contributed by atoms with Crippen molar-refractivity contribution in [1.29, 1.82) is 0 Å². The minimum atomic E-state index is -1.01. The molecule has 0 unspecified atom stereocenters. The van der Waals surface area contributed by atoms with Gasteiger partial charge in [-0.3, -0.25) is 0 Å². The maximum atomic E-state index is 10.1. The summed E-state index contributed by atoms with van der Waals surface area (Å²) < 4.78 is 0. The fourth-order valence-electron chi connectivity index (χ4n) is 3.05. The molecule has 0 aliphatic rings. The molecule has 0 aliphatic heterocycles. The first-order valence-corrected chi connectivity index (χ1v) is 9.14. The molecule has 3 aromatic carbocycles. The van der Waals surface area contributed by atoms with Crippen LogP contribution in [-0.4, -0.2) is 35.5 Å². The van der Waals surface area contributed by atoms with E-state index < -0.39 is 28.7 Å². The van der Waals surface area contributed by atoms with Crippen molar-refractivity contribution in [3.05, 3.63) is 65.8 Å². The summed E-state index contributed by atoms with van der Waals surface area (Å²) in [7, 11) is 0. The van der Waals surface area contributed by atoms with Gasteiger partial charge in [0.1, 0.15) is 5.15 Å². The lowest BCUT2D eigenvalue weighted by atomic mass is 9.99. The van der Waals surface area contributed by atoms with E-state index in [-0.39, 0.29) is 10.7 Å². The molecule has 0 radical (unpaired) electrons. The number of hydrogen-bond donors (Lipinski definition) is 5. The minimum absolute atomic E-state index is 0.222. The van der Waals surface area contributed by atoms with Crippen molar-refractivity contribution in [2.75, 3.05) is 0 Å². The molecule has 30 heavy (non-hydrogen) atoms. The van der Waals surface area contributed by atoms with E-state index in [0.29, 0.717) is 22.6 Å². The lowest BCUT2D eigenvalue weighted by molar-refractivity contribution is 0.330. The van der Waals surface area contributed by atoms with E-state index in [4.69, 9.17) is 11.6 Å². The zero-order chi connectivity index (χ0) is 21.4. The number of phenolic OH excluding ortho intramolecular Hbond substituents is 5. The van der Waals surface area contributed by atoms with Crippen LogP contribution in [0.5, 0.6) is 28.7 Å². The summed E-state index contributed by atoms with van der Waals surface area (Å²) in [5.41, 5.74) is 2.13. The van der Waals surface area contributed by atoms with Crippen LogP contribution in [-0.2, 0) is 0 Å². The highest BCUT2D eigenvalue weighted by Crippen LogP contribution is 2.54. The Hall–Kier alpha value is -3.97. The molecule has 4 rings (SSSR count). The van der Waals surface area contributed by atoms with Crippen LogP contribution in [0, 0.1) is 0 Å². The standard InChI is InChI=1S/C22H15ClN2O5/c23-15-10-14(24-22(25-15)13-4-2-1-3-5-13)11-6-8-12(9-7-11)16-17(26)19(28)21(30)20(29)18(16)27/h1-10,26-30H. The molecule has 0 saturated heterocycles. The summed E-state index contributed by atoms with van der Waals surface area (Å²) in [6.45, 7) is 0. The van der Waals surface area contributed by atoms with Gasteiger partial charge >= 0.3 is 0 Å². The Labute approximate surface area is 175 Å². The molecule has 0 spiro atoms. The van der Waals surface area contributed by atoms with E-state index in [9.17, 15) is 25.5 Å². The van der Waals surface area contributed by atoms with Crippen LogP contribution in [0.2, 0.25) is 5.15 Å². The Kier molecular flexibility index (Phi) is 4.81. The normalized spacial score (nSPS) is 10.8. The van der Waals surface area contributed by atoms with Gasteiger partial charge in [0, 0.05) is 17.2 Å². The number of benzene rings is 3. The summed E-state index contributed by atoms with van der Waals surface area (Å²) in [5.74, 6) is -3.92. The van der Waals surface area contributed by atoms with Gasteiger partial charge in [0.2, 0.25) is 17.2 Å². The third-order valence-electron chi connectivity index (χ3n) is 4.57. The maximum Gasteiger partial charge on any atom is 0.208 e. The molecule has 1 aromatic heterocycles. The van der Waals surface area contributed by atoms with Gasteiger partial charge in [-0.25, -0.2) is 9.97 Å². The summed E-state index contributed by atoms with van der Waals surface area (Å²) in [6, 6.07) is 17.4. The van der Waals surface area contributed by atoms with Crippen molar-refractivity contribution in [3.8, 4) is 62.5 Å². The summed E-state index contributed by atoms with van der Waals surface area (Å²) in [6.07, 6.45) is 0. The number of halogens is 1. The van der Waals surface area contributed by atoms with E-state index in [1.165, 1.54) is 0 Å². The third-order valence-corrected chi connectivity index (χ3v) is 4.76. The second-order valence-corrected chi connectivity index (χ2v) is 6.85. The van der Waals surface area contributed by atoms with Gasteiger partial charge in [-0.15, -0.1) is 0 Å². The van der Waals surface area contributed by atoms with Crippen LogP contribution in [0.4, 0.5) is 0 Å². The average molecular weight is 423 g/mol. The van der Waals surface area contributed by atoms with Crippen LogP contribution in [0.3, 0.4) is 0 Å². The van der Waals surface area contributed by atoms with Crippen molar-refractivity contribution in [3.63, 3.8) is 0 Å². The van der Waals surface area contributed by atoms with Crippen molar-refractivity contribution in [1.82, 2.24) is 9.97 Å². The average Bonchev–Trinajstić information content (AvgIpc) is 2.77. The van der Waals surface area contributed by atoms with Crippen molar-refractivity contribution in [2.24, 2.45) is 0 Å². The molecule has 5 N–H and O–H groups in total. The van der Waals surface area contributed by atoms with Crippen LogP contribution >= 0.6 is 11.6 Å². The van der Waals surface area contributed by atoms with Gasteiger partial charge in [-0.1, -0.05) is 66.2 Å². The van der Waals surface area contributed by atoms with Crippen LogP contribution in [0.15, 0.2) is 60.7 Å². The number of hydrogen-bond acceptors (Lipinski definition) is 7. The molecule has 8 heteroatoms. The molecule has 0 atom stereocenters. The monoisotopic (exact) mass is 422 g/mol. The molecule has 0 bridgehead atoms. The lowest BCUT2D eigenvalue weighted by Crippen LogP contribution is -1.93. The van der Waals surface area contributed by atoms with Gasteiger partial charge < -0.3 is 25.5 Å². The van der Waals surface area contributed by atoms with Crippen molar-refractivity contribution in [2.45, 2.75) is 0 Å². The van der Waals surface area contributed by atoms with Gasteiger partial charge in [-0.2, -0.15) is 0 Å². The molecule has 150 valence electrons. The van der Waals surface area contributed by atoms with E-state index >= 15 is 0 Å². The predicted molar refractivity (Wildman–Crippen MR) is 112 cm³/mol. The Morgan fingerprint density at radius 1 is 0.567 bits per heavy atom. The highest BCUT2D eigenvalue weighted by Gasteiger charge is 2.24. The zero-order valence-corrected chi connectivity index (χ0v) is 16.0. The van der Waals surface area contributed by atoms with Crippen LogP contribution < -0.4 is 0 Å². The number of rotatable bonds is 3. The zero-order valence-electron chi connectivity index (χ0n) is 15.3. The second-order valence-electron chi connectivity index (χ2n) is 6.46. The quantitative estimate of drug-likeness (QED) is 0.184. The van der Waals surface area contributed by atoms with Gasteiger partial charge in [0.15, 0.2) is 17.3 Å². The van der Waals surface area contributed by atoms with Gasteiger partial charge in [0.05, 0.1) is 11.3 Å². The minimum Gasteiger partial charge on any atom is -0.504 e. The third kappa shape index (κ3) is 3.31. The molecule has 0 saturated carbocycles. The number of aromatic hydroxyl groups is 5. The Bertz CT molecular complexity index is 1220. The number of aromatic nitrogens is 2. The van der Waals surface area contributed by atoms with E-state index in [0.717, 1.165) is 5.56 Å². The molecule has 0 amide bonds. The molecule has 4 aromatic rings. The molecule has 1 heterocycles. The van der Waals surface area contributed by atoms with Gasteiger partial charge in [0.25, 0.3) is 0 Å². The van der Waals surface area contributed by atoms with Crippen LogP contribution in [0.25, 0.3) is 33.8 Å². The van der Waals surface area contributed by atoms with Gasteiger partial charge in [-0.05, 0) is 5.56 Å². The van der Waals surface area contributed by atoms with E-state index in [1.54, 1.807) is 30.3 Å². The first-order chi connectivity index (χ1) is 14.4. The number of phenols is 5. The highest BCUT2D eigenvalue weighted by molar-refractivity contribution is 6.29. The Balaban J connectivity index is 1.77. The van der Waals surface area contributed by atoms with Crippen molar-refractivity contribution < 1.29 is 25.5 Å². The Morgan fingerprint density at radius 3 is 1.70 bits per heavy atom. The van der Waals surface area contributed by atoms with E-state index in [1.807, 2.05) is 30.3 Å². The number of nitrogens with zero attached hydrogens (tertiary/aromatic N) is 2. The van der Waals surface area contributed by atoms with E-state index in [2.05, 4.69) is 9.97 Å². The molecule has 0 fully saturated rings. The first kappa shape index (κ1) is 19.4. The highest BCUT2D eigenvalue weighted by atomic mass is 35.5. The van der Waals surface area contributed by atoms with Crippen molar-refractivity contribution >= 4 is 11.6 Å². The fraction of sp³-hybridized carbons (Fsp3) is 0.